The van der Waals surface area contributed by atoms with Crippen LogP contribution in [-0.4, -0.2) is 21.6 Å². The summed E-state index contributed by atoms with van der Waals surface area (Å²) < 4.78 is 0. The van der Waals surface area contributed by atoms with Crippen molar-refractivity contribution in [2.75, 3.05) is 11.1 Å². The maximum atomic E-state index is 13.0. The number of aromatic nitrogens is 2. The fourth-order valence-corrected chi connectivity index (χ4v) is 6.10. The van der Waals surface area contributed by atoms with Gasteiger partial charge in [-0.05, 0) is 67.3 Å². The van der Waals surface area contributed by atoms with E-state index in [0.29, 0.717) is 15.4 Å². The van der Waals surface area contributed by atoms with Crippen molar-refractivity contribution in [1.82, 2.24) is 9.97 Å². The average molecular weight is 476 g/mol. The number of anilines is 1. The molecule has 1 amide bonds. The van der Waals surface area contributed by atoms with E-state index in [-0.39, 0.29) is 17.2 Å². The molecule has 2 heterocycles. The smallest absolute Gasteiger partial charge is 0.260 e. The van der Waals surface area contributed by atoms with E-state index in [1.54, 1.807) is 0 Å². The van der Waals surface area contributed by atoms with Crippen LogP contribution in [0.1, 0.15) is 35.1 Å². The summed E-state index contributed by atoms with van der Waals surface area (Å²) in [6, 6.07) is 12.5. The largest absolute Gasteiger partial charge is 0.325 e. The molecule has 5 rings (SSSR count). The molecule has 0 unspecified atom stereocenters. The molecule has 0 spiro atoms. The highest BCUT2D eigenvalue weighted by Gasteiger charge is 2.16. The summed E-state index contributed by atoms with van der Waals surface area (Å²) >= 11 is 2.71. The highest BCUT2D eigenvalue weighted by molar-refractivity contribution is 7.99. The molecular formula is C26H25N3O2S2. The van der Waals surface area contributed by atoms with Crippen LogP contribution in [0.4, 0.5) is 5.69 Å². The van der Waals surface area contributed by atoms with Crippen LogP contribution in [0, 0.1) is 13.8 Å². The van der Waals surface area contributed by atoms with Crippen LogP contribution in [0.3, 0.4) is 0 Å². The molecule has 0 saturated heterocycles. The summed E-state index contributed by atoms with van der Waals surface area (Å²) in [5, 5.41) is 6.07. The van der Waals surface area contributed by atoms with Crippen molar-refractivity contribution >= 4 is 44.9 Å². The van der Waals surface area contributed by atoms with E-state index < -0.39 is 0 Å². The fraction of sp³-hybridized carbons (Fsp3) is 0.269. The minimum Gasteiger partial charge on any atom is -0.325 e. The number of rotatable bonds is 5. The molecule has 2 N–H and O–H groups in total. The normalized spacial score (nSPS) is 13.2. The van der Waals surface area contributed by atoms with Crippen molar-refractivity contribution in [1.29, 1.82) is 0 Å². The summed E-state index contributed by atoms with van der Waals surface area (Å²) in [6.07, 6.45) is 4.71. The third-order valence-corrected chi connectivity index (χ3v) is 7.91. The quantitative estimate of drug-likeness (QED) is 0.279. The molecule has 0 radical (unpaired) electrons. The van der Waals surface area contributed by atoms with Gasteiger partial charge in [0.05, 0.1) is 11.1 Å². The van der Waals surface area contributed by atoms with Crippen LogP contribution in [0.25, 0.3) is 21.3 Å². The Bertz CT molecular complexity index is 1400. The summed E-state index contributed by atoms with van der Waals surface area (Å²) in [6.45, 7) is 3.94. The molecule has 0 aliphatic heterocycles. The first-order chi connectivity index (χ1) is 16.0. The Morgan fingerprint density at radius 1 is 1.12 bits per heavy atom. The zero-order valence-electron chi connectivity index (χ0n) is 18.7. The van der Waals surface area contributed by atoms with E-state index in [4.69, 9.17) is 0 Å². The van der Waals surface area contributed by atoms with Gasteiger partial charge in [-0.2, -0.15) is 0 Å². The second-order valence-corrected chi connectivity index (χ2v) is 10.3. The van der Waals surface area contributed by atoms with Crippen molar-refractivity contribution in [3.8, 4) is 11.1 Å². The number of nitrogens with one attached hydrogen (secondary N) is 2. The number of amides is 1. The van der Waals surface area contributed by atoms with E-state index in [0.717, 1.165) is 40.8 Å². The minimum absolute atomic E-state index is 0.124. The van der Waals surface area contributed by atoms with E-state index >= 15 is 0 Å². The van der Waals surface area contributed by atoms with Crippen molar-refractivity contribution in [3.63, 3.8) is 0 Å². The van der Waals surface area contributed by atoms with Gasteiger partial charge in [-0.15, -0.1) is 11.3 Å². The first-order valence-corrected chi connectivity index (χ1v) is 13.0. The van der Waals surface area contributed by atoms with Gasteiger partial charge in [0.2, 0.25) is 5.91 Å². The number of carbonyl (C=O) groups excluding carboxylic acids is 1. The van der Waals surface area contributed by atoms with E-state index in [1.807, 2.05) is 37.4 Å². The highest BCUT2D eigenvalue weighted by atomic mass is 32.2. The molecule has 2 aromatic heterocycles. The highest BCUT2D eigenvalue weighted by Crippen LogP contribution is 2.34. The topological polar surface area (TPSA) is 74.8 Å². The molecule has 1 aliphatic rings. The van der Waals surface area contributed by atoms with Gasteiger partial charge < -0.3 is 10.3 Å². The number of H-pyrrole nitrogens is 1. The Morgan fingerprint density at radius 2 is 1.88 bits per heavy atom. The van der Waals surface area contributed by atoms with Gasteiger partial charge in [0.15, 0.2) is 5.16 Å². The lowest BCUT2D eigenvalue weighted by molar-refractivity contribution is -0.113. The SMILES string of the molecule is Cc1cccc(C)c1NC(=O)CSc1nc2scc(-c3ccc4c(c3)CCCC4)c2c(=O)[nH]1. The lowest BCUT2D eigenvalue weighted by Gasteiger charge is -2.16. The molecule has 0 fully saturated rings. The maximum Gasteiger partial charge on any atom is 0.260 e. The van der Waals surface area contributed by atoms with Gasteiger partial charge in [0.25, 0.3) is 5.56 Å². The standard InChI is InChI=1S/C26H25N3O2S2/c1-15-6-5-7-16(2)23(15)27-21(30)14-33-26-28-24(31)22-20(13-32-25(22)29-26)19-11-10-17-8-3-4-9-18(17)12-19/h5-7,10-13H,3-4,8-9,14H2,1-2H3,(H,27,30)(H,28,29,31). The molecule has 33 heavy (non-hydrogen) atoms. The second-order valence-electron chi connectivity index (χ2n) is 8.49. The van der Waals surface area contributed by atoms with Crippen LogP contribution in [-0.2, 0) is 17.6 Å². The number of benzene rings is 2. The van der Waals surface area contributed by atoms with E-state index in [9.17, 15) is 9.59 Å². The maximum absolute atomic E-state index is 13.0. The van der Waals surface area contributed by atoms with Crippen molar-refractivity contribution < 1.29 is 4.79 Å². The first-order valence-electron chi connectivity index (χ1n) is 11.1. The van der Waals surface area contributed by atoms with Gasteiger partial charge in [-0.1, -0.05) is 48.2 Å². The zero-order valence-corrected chi connectivity index (χ0v) is 20.3. The molecule has 5 nitrogen and oxygen atoms in total. The summed E-state index contributed by atoms with van der Waals surface area (Å²) in [5.41, 5.74) is 7.55. The van der Waals surface area contributed by atoms with Crippen LogP contribution >= 0.6 is 23.1 Å². The number of aryl methyl sites for hydroxylation is 4. The Hall–Kier alpha value is -2.90. The molecular weight excluding hydrogens is 450 g/mol. The number of para-hydroxylation sites is 1. The molecule has 168 valence electrons. The fourth-order valence-electron chi connectivity index (χ4n) is 4.43. The zero-order chi connectivity index (χ0) is 22.9. The molecule has 7 heteroatoms. The van der Waals surface area contributed by atoms with Gasteiger partial charge in [-0.3, -0.25) is 9.59 Å². The van der Waals surface area contributed by atoms with Crippen LogP contribution in [0.15, 0.2) is 51.7 Å². The van der Waals surface area contributed by atoms with E-state index in [2.05, 4.69) is 33.5 Å². The first kappa shape index (κ1) is 21.9. The van der Waals surface area contributed by atoms with Crippen LogP contribution in [0.2, 0.25) is 0 Å². The predicted molar refractivity (Wildman–Crippen MR) is 138 cm³/mol. The van der Waals surface area contributed by atoms with Crippen LogP contribution < -0.4 is 10.9 Å². The van der Waals surface area contributed by atoms with E-state index in [1.165, 1.54) is 47.1 Å². The molecule has 0 saturated carbocycles. The van der Waals surface area contributed by atoms with Gasteiger partial charge in [0.1, 0.15) is 4.83 Å². The lowest BCUT2D eigenvalue weighted by Crippen LogP contribution is -2.16. The lowest BCUT2D eigenvalue weighted by atomic mass is 9.89. The predicted octanol–water partition coefficient (Wildman–Crippen LogP) is 5.88. The average Bonchev–Trinajstić information content (AvgIpc) is 3.24. The Balaban J connectivity index is 1.35. The molecule has 1 aliphatic carbocycles. The number of aromatic amines is 1. The number of fused-ring (bicyclic) bond motifs is 2. The van der Waals surface area contributed by atoms with Crippen molar-refractivity contribution in [2.45, 2.75) is 44.7 Å². The minimum atomic E-state index is -0.161. The summed E-state index contributed by atoms with van der Waals surface area (Å²) in [7, 11) is 0. The summed E-state index contributed by atoms with van der Waals surface area (Å²) in [5.74, 6) is 0.0479. The third kappa shape index (κ3) is 4.48. The molecule has 0 bridgehead atoms. The second kappa shape index (κ2) is 9.15. The number of thioether (sulfide) groups is 1. The third-order valence-electron chi connectivity index (χ3n) is 6.17. The van der Waals surface area contributed by atoms with Gasteiger partial charge in [0, 0.05) is 16.6 Å². The molecule has 0 atom stereocenters. The summed E-state index contributed by atoms with van der Waals surface area (Å²) in [4.78, 5) is 33.7. The van der Waals surface area contributed by atoms with Gasteiger partial charge >= 0.3 is 0 Å². The Kier molecular flexibility index (Phi) is 6.08. The number of hydrogen-bond acceptors (Lipinski definition) is 5. The van der Waals surface area contributed by atoms with Gasteiger partial charge in [-0.25, -0.2) is 4.98 Å². The van der Waals surface area contributed by atoms with Crippen molar-refractivity contribution in [2.24, 2.45) is 0 Å². The van der Waals surface area contributed by atoms with Crippen molar-refractivity contribution in [3.05, 3.63) is 74.4 Å². The number of thiophene rings is 1. The number of nitrogens with zero attached hydrogens (tertiary/aromatic N) is 1. The molecule has 2 aromatic carbocycles. The number of carbonyl (C=O) groups is 1. The monoisotopic (exact) mass is 475 g/mol. The Morgan fingerprint density at radius 3 is 2.67 bits per heavy atom. The number of hydrogen-bond donors (Lipinski definition) is 2. The Labute approximate surface area is 200 Å². The van der Waals surface area contributed by atoms with Crippen LogP contribution in [0.5, 0.6) is 0 Å². The molecule has 4 aromatic rings.